The molecule has 4 heteroatoms. The fourth-order valence-electron chi connectivity index (χ4n) is 0.984. The molecule has 0 bridgehead atoms. The van der Waals surface area contributed by atoms with Crippen LogP contribution in [-0.2, 0) is 4.79 Å². The molecule has 1 N–H and O–H groups in total. The molecule has 0 amide bonds. The molecule has 0 aromatic rings. The van der Waals surface area contributed by atoms with Crippen LogP contribution in [0.4, 0.5) is 0 Å². The number of ketones is 1. The Hall–Kier alpha value is 0.330. The van der Waals surface area contributed by atoms with E-state index in [2.05, 4.69) is 17.9 Å². The van der Waals surface area contributed by atoms with Gasteiger partial charge < -0.3 is 0 Å². The van der Waals surface area contributed by atoms with E-state index in [0.717, 1.165) is 18.7 Å². The maximum atomic E-state index is 11.4. The van der Waals surface area contributed by atoms with Crippen molar-refractivity contribution in [2.24, 2.45) is 0 Å². The molecule has 2 unspecified atom stereocenters. The van der Waals surface area contributed by atoms with Crippen molar-refractivity contribution in [2.45, 2.75) is 24.0 Å². The lowest BCUT2D eigenvalue weighted by molar-refractivity contribution is -0.118. The highest BCUT2D eigenvalue weighted by molar-refractivity contribution is 8.01. The van der Waals surface area contributed by atoms with E-state index in [4.69, 9.17) is 0 Å². The molecular formula is C7H13NOS2. The van der Waals surface area contributed by atoms with Gasteiger partial charge in [-0.05, 0) is 6.42 Å². The van der Waals surface area contributed by atoms with Crippen molar-refractivity contribution in [1.29, 1.82) is 0 Å². The van der Waals surface area contributed by atoms with Crippen molar-refractivity contribution in [3.8, 4) is 0 Å². The van der Waals surface area contributed by atoms with Crippen molar-refractivity contribution in [3.63, 3.8) is 0 Å². The normalized spacial score (nSPS) is 26.9. The fraction of sp³-hybridized carbons (Fsp3) is 0.857. The minimum absolute atomic E-state index is 0.0115. The molecule has 11 heavy (non-hydrogen) atoms. The van der Waals surface area contributed by atoms with E-state index < -0.39 is 0 Å². The Kier molecular flexibility index (Phi) is 3.75. The van der Waals surface area contributed by atoms with Gasteiger partial charge in [0.1, 0.15) is 5.37 Å². The Bertz CT molecular complexity index is 145. The molecule has 0 saturated carbocycles. The molecule has 0 radical (unpaired) electrons. The quantitative estimate of drug-likeness (QED) is 0.650. The molecule has 0 spiro atoms. The zero-order valence-corrected chi connectivity index (χ0v) is 8.25. The topological polar surface area (TPSA) is 29.1 Å². The van der Waals surface area contributed by atoms with Crippen LogP contribution in [0.5, 0.6) is 0 Å². The van der Waals surface area contributed by atoms with Crippen LogP contribution in [-0.4, -0.2) is 28.7 Å². The number of nitrogens with one attached hydrogen (secondary N) is 1. The minimum Gasteiger partial charge on any atom is -0.298 e. The van der Waals surface area contributed by atoms with Crippen LogP contribution in [0.15, 0.2) is 0 Å². The lowest BCUT2D eigenvalue weighted by Gasteiger charge is -2.11. The van der Waals surface area contributed by atoms with E-state index in [-0.39, 0.29) is 16.4 Å². The van der Waals surface area contributed by atoms with Gasteiger partial charge in [0.15, 0.2) is 5.78 Å². The molecule has 1 fully saturated rings. The first kappa shape index (κ1) is 9.42. The van der Waals surface area contributed by atoms with E-state index in [1.54, 1.807) is 11.8 Å². The highest BCUT2D eigenvalue weighted by Crippen LogP contribution is 2.18. The molecular weight excluding hydrogens is 178 g/mol. The Morgan fingerprint density at radius 3 is 3.09 bits per heavy atom. The summed E-state index contributed by atoms with van der Waals surface area (Å²) in [6, 6.07) is 0. The number of carbonyl (C=O) groups is 1. The van der Waals surface area contributed by atoms with Crippen LogP contribution < -0.4 is 5.32 Å². The van der Waals surface area contributed by atoms with Gasteiger partial charge in [0, 0.05) is 12.3 Å². The van der Waals surface area contributed by atoms with Gasteiger partial charge in [-0.25, -0.2) is 0 Å². The predicted octanol–water partition coefficient (Wildman–Crippen LogP) is 0.926. The van der Waals surface area contributed by atoms with Crippen molar-refractivity contribution >= 4 is 30.2 Å². The van der Waals surface area contributed by atoms with E-state index >= 15 is 0 Å². The molecule has 0 aromatic carbocycles. The molecule has 2 atom stereocenters. The third-order valence-electron chi connectivity index (χ3n) is 1.69. The van der Waals surface area contributed by atoms with Crippen LogP contribution in [0.3, 0.4) is 0 Å². The van der Waals surface area contributed by atoms with E-state index in [9.17, 15) is 4.79 Å². The second kappa shape index (κ2) is 4.38. The number of hydrogen-bond acceptors (Lipinski definition) is 4. The molecule has 1 aliphatic rings. The van der Waals surface area contributed by atoms with Crippen LogP contribution in [0, 0.1) is 0 Å². The van der Waals surface area contributed by atoms with Crippen molar-refractivity contribution in [3.05, 3.63) is 0 Å². The van der Waals surface area contributed by atoms with Gasteiger partial charge in [-0.3, -0.25) is 10.1 Å². The predicted molar refractivity (Wildman–Crippen MR) is 52.3 cm³/mol. The summed E-state index contributed by atoms with van der Waals surface area (Å²) < 4.78 is 0. The van der Waals surface area contributed by atoms with E-state index in [1.165, 1.54) is 0 Å². The zero-order valence-electron chi connectivity index (χ0n) is 6.54. The highest BCUT2D eigenvalue weighted by atomic mass is 32.2. The zero-order chi connectivity index (χ0) is 8.27. The first-order valence-electron chi connectivity index (χ1n) is 3.82. The Balaban J connectivity index is 2.39. The smallest absolute Gasteiger partial charge is 0.172 e. The Morgan fingerprint density at radius 2 is 2.64 bits per heavy atom. The summed E-state index contributed by atoms with van der Waals surface area (Å²) in [7, 11) is 0. The van der Waals surface area contributed by atoms with Gasteiger partial charge in [0.05, 0.1) is 5.25 Å². The summed E-state index contributed by atoms with van der Waals surface area (Å²) in [5.41, 5.74) is 0. The molecule has 0 aliphatic carbocycles. The fourth-order valence-corrected chi connectivity index (χ4v) is 2.27. The standard InChI is InChI=1S/C7H13NOS2/c1-2-5(10)6(9)7-8-3-4-11-7/h5,7-8,10H,2-4H2,1H3. The van der Waals surface area contributed by atoms with Crippen LogP contribution in [0.1, 0.15) is 13.3 Å². The van der Waals surface area contributed by atoms with Gasteiger partial charge in [-0.2, -0.15) is 12.6 Å². The number of Topliss-reactive ketones (excluding diaryl/α,β-unsaturated/α-hetero) is 1. The van der Waals surface area contributed by atoms with Crippen LogP contribution in [0.25, 0.3) is 0 Å². The maximum absolute atomic E-state index is 11.4. The van der Waals surface area contributed by atoms with Gasteiger partial charge in [0.25, 0.3) is 0 Å². The van der Waals surface area contributed by atoms with E-state index in [1.807, 2.05) is 6.92 Å². The molecule has 1 heterocycles. The van der Waals surface area contributed by atoms with Gasteiger partial charge in [0.2, 0.25) is 0 Å². The highest BCUT2D eigenvalue weighted by Gasteiger charge is 2.26. The lowest BCUT2D eigenvalue weighted by Crippen LogP contribution is -2.34. The third-order valence-corrected chi connectivity index (χ3v) is 3.48. The summed E-state index contributed by atoms with van der Waals surface area (Å²) in [6.07, 6.45) is 0.820. The number of hydrogen-bond donors (Lipinski definition) is 2. The summed E-state index contributed by atoms with van der Waals surface area (Å²) in [6.45, 7) is 2.93. The minimum atomic E-state index is -0.0851. The average molecular weight is 191 g/mol. The SMILES string of the molecule is CCC(S)C(=O)C1NCCS1. The average Bonchev–Trinajstić information content (AvgIpc) is 2.53. The lowest BCUT2D eigenvalue weighted by atomic mass is 10.2. The molecule has 1 saturated heterocycles. The molecule has 1 rings (SSSR count). The van der Waals surface area contributed by atoms with Crippen molar-refractivity contribution in [1.82, 2.24) is 5.32 Å². The van der Waals surface area contributed by atoms with Gasteiger partial charge in [-0.1, -0.05) is 6.92 Å². The molecule has 64 valence electrons. The van der Waals surface area contributed by atoms with Gasteiger partial charge in [-0.15, -0.1) is 11.8 Å². The second-order valence-corrected chi connectivity index (χ2v) is 4.37. The second-order valence-electron chi connectivity index (χ2n) is 2.53. The molecule has 2 nitrogen and oxygen atoms in total. The third kappa shape index (κ3) is 2.39. The van der Waals surface area contributed by atoms with Crippen LogP contribution in [0.2, 0.25) is 0 Å². The van der Waals surface area contributed by atoms with Gasteiger partial charge >= 0.3 is 0 Å². The number of rotatable bonds is 3. The monoisotopic (exact) mass is 191 g/mol. The van der Waals surface area contributed by atoms with Crippen LogP contribution >= 0.6 is 24.4 Å². The summed E-state index contributed by atoms with van der Waals surface area (Å²) in [4.78, 5) is 11.4. The summed E-state index contributed by atoms with van der Waals surface area (Å²) in [5, 5.41) is 3.06. The Labute approximate surface area is 76.9 Å². The first-order valence-corrected chi connectivity index (χ1v) is 5.39. The number of carbonyl (C=O) groups excluding carboxylic acids is 1. The van der Waals surface area contributed by atoms with Crippen molar-refractivity contribution in [2.75, 3.05) is 12.3 Å². The largest absolute Gasteiger partial charge is 0.298 e. The molecule has 1 aliphatic heterocycles. The first-order chi connectivity index (χ1) is 5.25. The summed E-state index contributed by atoms with van der Waals surface area (Å²) in [5.74, 6) is 1.28. The number of thioether (sulfide) groups is 1. The summed E-state index contributed by atoms with van der Waals surface area (Å²) >= 11 is 5.88. The Morgan fingerprint density at radius 1 is 1.91 bits per heavy atom. The molecule has 0 aromatic heterocycles. The number of thiol groups is 1. The van der Waals surface area contributed by atoms with E-state index in [0.29, 0.717) is 0 Å². The maximum Gasteiger partial charge on any atom is 0.172 e. The van der Waals surface area contributed by atoms with Crippen molar-refractivity contribution < 1.29 is 4.79 Å².